The summed E-state index contributed by atoms with van der Waals surface area (Å²) in [5, 5.41) is 11.3. The number of benzene rings is 1. The molecular formula is C21H20N4OS2. The Morgan fingerprint density at radius 2 is 1.89 bits per heavy atom. The van der Waals surface area contributed by atoms with Crippen LogP contribution in [-0.4, -0.2) is 39.5 Å². The third-order valence-electron chi connectivity index (χ3n) is 3.87. The summed E-state index contributed by atoms with van der Waals surface area (Å²) in [5.41, 5.74) is 2.91. The van der Waals surface area contributed by atoms with Gasteiger partial charge in [-0.3, -0.25) is 4.98 Å². The first-order valence-electron chi connectivity index (χ1n) is 8.81. The summed E-state index contributed by atoms with van der Waals surface area (Å²) in [6, 6.07) is 15.9. The molecule has 142 valence electrons. The molecule has 2 aromatic heterocycles. The van der Waals surface area contributed by atoms with Crippen LogP contribution in [0.25, 0.3) is 22.6 Å². The molecule has 3 rings (SSSR count). The zero-order valence-corrected chi connectivity index (χ0v) is 17.2. The SMILES string of the molecule is COCCCSCSc1nc(-c2cccnc2)nc(-c2ccccc2)c1C#N. The molecule has 0 saturated carbocycles. The summed E-state index contributed by atoms with van der Waals surface area (Å²) in [6.45, 7) is 0.762. The number of pyridine rings is 1. The van der Waals surface area contributed by atoms with Crippen molar-refractivity contribution >= 4 is 23.5 Å². The highest BCUT2D eigenvalue weighted by Gasteiger charge is 2.17. The number of nitrogens with zero attached hydrogens (tertiary/aromatic N) is 4. The number of thioether (sulfide) groups is 2. The molecule has 0 saturated heterocycles. The van der Waals surface area contributed by atoms with Gasteiger partial charge in [0.1, 0.15) is 16.7 Å². The van der Waals surface area contributed by atoms with Crippen molar-refractivity contribution in [2.45, 2.75) is 11.4 Å². The van der Waals surface area contributed by atoms with Crippen molar-refractivity contribution < 1.29 is 4.74 Å². The molecule has 0 aliphatic rings. The number of methoxy groups -OCH3 is 1. The van der Waals surface area contributed by atoms with Gasteiger partial charge >= 0.3 is 0 Å². The number of hydrogen-bond acceptors (Lipinski definition) is 7. The first-order valence-corrected chi connectivity index (χ1v) is 10.9. The van der Waals surface area contributed by atoms with Gasteiger partial charge < -0.3 is 4.74 Å². The van der Waals surface area contributed by atoms with Crippen molar-refractivity contribution in [3.05, 3.63) is 60.4 Å². The first kappa shape index (κ1) is 20.3. The van der Waals surface area contributed by atoms with Crippen LogP contribution in [0.5, 0.6) is 0 Å². The normalized spacial score (nSPS) is 10.6. The van der Waals surface area contributed by atoms with Crippen LogP contribution in [-0.2, 0) is 4.74 Å². The molecule has 0 radical (unpaired) electrons. The lowest BCUT2D eigenvalue weighted by molar-refractivity contribution is 0.200. The molecule has 28 heavy (non-hydrogen) atoms. The van der Waals surface area contributed by atoms with Crippen LogP contribution in [0, 0.1) is 11.3 Å². The van der Waals surface area contributed by atoms with Crippen LogP contribution in [0.4, 0.5) is 0 Å². The van der Waals surface area contributed by atoms with Gasteiger partial charge in [0.25, 0.3) is 0 Å². The summed E-state index contributed by atoms with van der Waals surface area (Å²) in [7, 11) is 1.71. The van der Waals surface area contributed by atoms with E-state index in [9.17, 15) is 5.26 Å². The molecule has 0 amide bonds. The molecule has 5 nitrogen and oxygen atoms in total. The Bertz CT molecular complexity index is 930. The lowest BCUT2D eigenvalue weighted by Gasteiger charge is -2.11. The molecule has 0 fully saturated rings. The van der Waals surface area contributed by atoms with Crippen LogP contribution in [0.2, 0.25) is 0 Å². The van der Waals surface area contributed by atoms with Crippen molar-refractivity contribution in [1.82, 2.24) is 15.0 Å². The largest absolute Gasteiger partial charge is 0.385 e. The molecule has 0 spiro atoms. The van der Waals surface area contributed by atoms with E-state index in [1.165, 1.54) is 0 Å². The topological polar surface area (TPSA) is 71.7 Å². The number of aromatic nitrogens is 3. The molecule has 0 unspecified atom stereocenters. The number of rotatable bonds is 9. The molecule has 2 heterocycles. The van der Waals surface area contributed by atoms with E-state index >= 15 is 0 Å². The van der Waals surface area contributed by atoms with E-state index in [2.05, 4.69) is 16.0 Å². The van der Waals surface area contributed by atoms with E-state index in [0.29, 0.717) is 22.1 Å². The maximum absolute atomic E-state index is 9.82. The van der Waals surface area contributed by atoms with Gasteiger partial charge in [-0.2, -0.15) is 17.0 Å². The molecule has 0 N–H and O–H groups in total. The summed E-state index contributed by atoms with van der Waals surface area (Å²) < 4.78 is 5.08. The van der Waals surface area contributed by atoms with E-state index < -0.39 is 0 Å². The fraction of sp³-hybridized carbons (Fsp3) is 0.238. The monoisotopic (exact) mass is 408 g/mol. The predicted molar refractivity (Wildman–Crippen MR) is 115 cm³/mol. The summed E-state index contributed by atoms with van der Waals surface area (Å²) >= 11 is 3.39. The van der Waals surface area contributed by atoms with Gasteiger partial charge in [-0.1, -0.05) is 42.1 Å². The maximum Gasteiger partial charge on any atom is 0.162 e. The Kier molecular flexibility index (Phi) is 7.85. The molecule has 0 aliphatic carbocycles. The van der Waals surface area contributed by atoms with Crippen molar-refractivity contribution in [1.29, 1.82) is 5.26 Å². The van der Waals surface area contributed by atoms with Gasteiger partial charge in [0.2, 0.25) is 0 Å². The zero-order chi connectivity index (χ0) is 19.6. The zero-order valence-electron chi connectivity index (χ0n) is 15.5. The standard InChI is InChI=1S/C21H20N4OS2/c1-26-11-6-12-27-15-28-21-18(13-22)19(16-7-3-2-4-8-16)24-20(25-21)17-9-5-10-23-14-17/h2-5,7-10,14H,6,11-12,15H2,1H3. The molecule has 0 atom stereocenters. The lowest BCUT2D eigenvalue weighted by Crippen LogP contribution is -2.00. The number of hydrogen-bond donors (Lipinski definition) is 0. The van der Waals surface area contributed by atoms with Crippen molar-refractivity contribution in [2.75, 3.05) is 24.6 Å². The van der Waals surface area contributed by atoms with E-state index in [1.54, 1.807) is 31.3 Å². The van der Waals surface area contributed by atoms with E-state index in [0.717, 1.165) is 35.0 Å². The van der Waals surface area contributed by atoms with E-state index in [-0.39, 0.29) is 0 Å². The molecule has 7 heteroatoms. The second-order valence-electron chi connectivity index (χ2n) is 5.81. The Balaban J connectivity index is 1.94. The quantitative estimate of drug-likeness (QED) is 0.216. The fourth-order valence-corrected chi connectivity index (χ4v) is 4.55. The Labute approximate surface area is 173 Å². The Hall–Kier alpha value is -2.40. The second-order valence-corrected chi connectivity index (χ2v) is 8.25. The summed E-state index contributed by atoms with van der Waals surface area (Å²) in [6.07, 6.45) is 4.47. The van der Waals surface area contributed by atoms with Crippen LogP contribution in [0.3, 0.4) is 0 Å². The smallest absolute Gasteiger partial charge is 0.162 e. The van der Waals surface area contributed by atoms with Crippen LogP contribution in [0.15, 0.2) is 59.9 Å². The highest BCUT2D eigenvalue weighted by Crippen LogP contribution is 2.32. The van der Waals surface area contributed by atoms with Crippen molar-refractivity contribution in [2.24, 2.45) is 0 Å². The predicted octanol–water partition coefficient (Wildman–Crippen LogP) is 4.90. The van der Waals surface area contributed by atoms with Crippen molar-refractivity contribution in [3.63, 3.8) is 0 Å². The van der Waals surface area contributed by atoms with Gasteiger partial charge in [0.05, 0.1) is 5.69 Å². The first-order chi connectivity index (χ1) is 13.8. The minimum Gasteiger partial charge on any atom is -0.385 e. The number of nitriles is 1. The van der Waals surface area contributed by atoms with E-state index in [4.69, 9.17) is 9.72 Å². The van der Waals surface area contributed by atoms with Gasteiger partial charge in [0.15, 0.2) is 5.82 Å². The van der Waals surface area contributed by atoms with Gasteiger partial charge in [0, 0.05) is 42.3 Å². The van der Waals surface area contributed by atoms with Crippen LogP contribution >= 0.6 is 23.5 Å². The van der Waals surface area contributed by atoms with Gasteiger partial charge in [-0.25, -0.2) is 9.97 Å². The highest BCUT2D eigenvalue weighted by atomic mass is 32.2. The fourth-order valence-electron chi connectivity index (χ4n) is 2.54. The third-order valence-corrected chi connectivity index (χ3v) is 6.15. The van der Waals surface area contributed by atoms with E-state index in [1.807, 2.05) is 54.2 Å². The third kappa shape index (κ3) is 5.32. The van der Waals surface area contributed by atoms with Crippen LogP contribution < -0.4 is 0 Å². The Morgan fingerprint density at radius 1 is 1.07 bits per heavy atom. The molecule has 3 aromatic rings. The Morgan fingerprint density at radius 3 is 2.61 bits per heavy atom. The van der Waals surface area contributed by atoms with Crippen molar-refractivity contribution in [3.8, 4) is 28.7 Å². The minimum atomic E-state index is 0.515. The molecule has 0 bridgehead atoms. The summed E-state index contributed by atoms with van der Waals surface area (Å²) in [5.74, 6) is 1.59. The lowest BCUT2D eigenvalue weighted by atomic mass is 10.1. The number of ether oxygens (including phenoxy) is 1. The minimum absolute atomic E-state index is 0.515. The molecule has 0 aliphatic heterocycles. The molecule has 1 aromatic carbocycles. The van der Waals surface area contributed by atoms with Gasteiger partial charge in [-0.15, -0.1) is 0 Å². The van der Waals surface area contributed by atoms with Gasteiger partial charge in [-0.05, 0) is 24.3 Å². The summed E-state index contributed by atoms with van der Waals surface area (Å²) in [4.78, 5) is 13.6. The average molecular weight is 409 g/mol. The van der Waals surface area contributed by atoms with Crippen LogP contribution in [0.1, 0.15) is 12.0 Å². The maximum atomic E-state index is 9.82. The average Bonchev–Trinajstić information content (AvgIpc) is 2.76. The highest BCUT2D eigenvalue weighted by molar-refractivity contribution is 8.15. The second kappa shape index (κ2) is 10.8. The molecular weight excluding hydrogens is 388 g/mol.